The molecule has 9 nitrogen and oxygen atoms in total. The monoisotopic (exact) mass is 431 g/mol. The largest absolute Gasteiger partial charge is 0.497 e. The van der Waals surface area contributed by atoms with Crippen LogP contribution in [0.5, 0.6) is 5.75 Å². The standard InChI is InChI=1S/C20H22ClN5O4/c1-23-17-16(18(28)24(2)20(23)29)26(19(21)22-17)11-15(27)25(13-6-7-13)10-12-4-8-14(30-3)9-5-12/h4-5,8-9,13H,6-7,10-11H2,1-3H3. The molecule has 0 unspecified atom stereocenters. The Labute approximate surface area is 177 Å². The van der Waals surface area contributed by atoms with Crippen LogP contribution in [0.1, 0.15) is 18.4 Å². The number of nitrogens with zero attached hydrogens (tertiary/aromatic N) is 5. The summed E-state index contributed by atoms with van der Waals surface area (Å²) >= 11 is 6.26. The van der Waals surface area contributed by atoms with Crippen LogP contribution >= 0.6 is 11.6 Å². The molecule has 1 fully saturated rings. The summed E-state index contributed by atoms with van der Waals surface area (Å²) in [5, 5.41) is -0.00292. The topological polar surface area (TPSA) is 91.4 Å². The molecule has 0 bridgehead atoms. The molecule has 0 aliphatic heterocycles. The number of rotatable bonds is 6. The molecule has 0 atom stereocenters. The van der Waals surface area contributed by atoms with Crippen LogP contribution in [0, 0.1) is 0 Å². The van der Waals surface area contributed by atoms with Gasteiger partial charge in [0.25, 0.3) is 5.56 Å². The number of fused-ring (bicyclic) bond motifs is 1. The highest BCUT2D eigenvalue weighted by Gasteiger charge is 2.33. The zero-order valence-electron chi connectivity index (χ0n) is 17.0. The summed E-state index contributed by atoms with van der Waals surface area (Å²) in [7, 11) is 4.51. The number of benzene rings is 1. The Hall–Kier alpha value is -3.07. The van der Waals surface area contributed by atoms with Crippen molar-refractivity contribution < 1.29 is 9.53 Å². The van der Waals surface area contributed by atoms with Gasteiger partial charge < -0.3 is 9.64 Å². The number of ether oxygens (including phenoxy) is 1. The van der Waals surface area contributed by atoms with Crippen molar-refractivity contribution in [3.8, 4) is 5.75 Å². The molecule has 0 N–H and O–H groups in total. The Bertz CT molecular complexity index is 1240. The molecule has 1 aliphatic carbocycles. The Kier molecular flexibility index (Phi) is 5.15. The Morgan fingerprint density at radius 1 is 1.20 bits per heavy atom. The SMILES string of the molecule is COc1ccc(CN(C(=O)Cn2c(Cl)nc3c2c(=O)n(C)c(=O)n3C)C2CC2)cc1. The number of carbonyl (C=O) groups excluding carboxylic acids is 1. The summed E-state index contributed by atoms with van der Waals surface area (Å²) in [5.41, 5.74) is 0.246. The van der Waals surface area contributed by atoms with E-state index in [-0.39, 0.29) is 34.9 Å². The van der Waals surface area contributed by atoms with Gasteiger partial charge in [-0.1, -0.05) is 12.1 Å². The normalized spacial score (nSPS) is 13.6. The van der Waals surface area contributed by atoms with Gasteiger partial charge in [0, 0.05) is 26.7 Å². The molecular formula is C20H22ClN5O4. The van der Waals surface area contributed by atoms with Gasteiger partial charge in [0.05, 0.1) is 7.11 Å². The first kappa shape index (κ1) is 20.2. The summed E-state index contributed by atoms with van der Waals surface area (Å²) in [6, 6.07) is 7.73. The average Bonchev–Trinajstić information content (AvgIpc) is 3.53. The molecule has 0 saturated heterocycles. The molecule has 1 aliphatic rings. The second kappa shape index (κ2) is 7.64. The zero-order chi connectivity index (χ0) is 21.6. The number of hydrogen-bond acceptors (Lipinski definition) is 5. The van der Waals surface area contributed by atoms with Gasteiger partial charge in [-0.25, -0.2) is 4.79 Å². The average molecular weight is 432 g/mol. The third kappa shape index (κ3) is 3.49. The second-order valence-electron chi connectivity index (χ2n) is 7.45. The molecule has 2 heterocycles. The number of aromatic nitrogens is 4. The van der Waals surface area contributed by atoms with Gasteiger partial charge in [0.1, 0.15) is 12.3 Å². The van der Waals surface area contributed by atoms with E-state index < -0.39 is 11.2 Å². The highest BCUT2D eigenvalue weighted by Crippen LogP contribution is 2.29. The molecular weight excluding hydrogens is 410 g/mol. The highest BCUT2D eigenvalue weighted by atomic mass is 35.5. The van der Waals surface area contributed by atoms with Gasteiger partial charge in [0.2, 0.25) is 11.2 Å². The fraction of sp³-hybridized carbons (Fsp3) is 0.400. The number of aryl methyl sites for hydroxylation is 1. The van der Waals surface area contributed by atoms with Crippen molar-refractivity contribution >= 4 is 28.7 Å². The van der Waals surface area contributed by atoms with Gasteiger partial charge in [-0.15, -0.1) is 0 Å². The van der Waals surface area contributed by atoms with Crippen molar-refractivity contribution in [1.29, 1.82) is 0 Å². The summed E-state index contributed by atoms with van der Waals surface area (Å²) < 4.78 is 8.80. The first-order valence-corrected chi connectivity index (χ1v) is 9.93. The second-order valence-corrected chi connectivity index (χ2v) is 7.78. The number of hydrogen-bond donors (Lipinski definition) is 0. The van der Waals surface area contributed by atoms with Gasteiger partial charge in [-0.3, -0.25) is 23.3 Å². The molecule has 0 spiro atoms. The molecule has 10 heteroatoms. The zero-order valence-corrected chi connectivity index (χ0v) is 17.7. The van der Waals surface area contributed by atoms with Crippen LogP contribution in [0.2, 0.25) is 5.28 Å². The first-order chi connectivity index (χ1) is 14.3. The van der Waals surface area contributed by atoms with Crippen LogP contribution in [0.25, 0.3) is 11.2 Å². The lowest BCUT2D eigenvalue weighted by Gasteiger charge is -2.23. The molecule has 158 valence electrons. The molecule has 3 aromatic rings. The number of halogens is 1. The Balaban J connectivity index is 1.66. The molecule has 4 rings (SSSR count). The lowest BCUT2D eigenvalue weighted by Crippen LogP contribution is -2.39. The van der Waals surface area contributed by atoms with Crippen LogP contribution < -0.4 is 16.0 Å². The van der Waals surface area contributed by atoms with E-state index in [0.29, 0.717) is 6.54 Å². The summed E-state index contributed by atoms with van der Waals surface area (Å²) in [6.07, 6.45) is 1.88. The quantitative estimate of drug-likeness (QED) is 0.548. The molecule has 1 saturated carbocycles. The van der Waals surface area contributed by atoms with Crippen LogP contribution in [-0.4, -0.2) is 42.6 Å². The van der Waals surface area contributed by atoms with Gasteiger partial charge in [-0.05, 0) is 42.1 Å². The third-order valence-corrected chi connectivity index (χ3v) is 5.70. The van der Waals surface area contributed by atoms with Crippen molar-refractivity contribution in [3.63, 3.8) is 0 Å². The van der Waals surface area contributed by atoms with E-state index in [1.807, 2.05) is 24.3 Å². The van der Waals surface area contributed by atoms with E-state index in [0.717, 1.165) is 28.7 Å². The van der Waals surface area contributed by atoms with E-state index in [1.165, 1.54) is 23.2 Å². The maximum atomic E-state index is 13.2. The van der Waals surface area contributed by atoms with Crippen molar-refractivity contribution in [3.05, 3.63) is 56.0 Å². The van der Waals surface area contributed by atoms with Gasteiger partial charge in [0.15, 0.2) is 11.2 Å². The summed E-state index contributed by atoms with van der Waals surface area (Å²) in [4.78, 5) is 44.0. The number of amides is 1. The van der Waals surface area contributed by atoms with E-state index in [2.05, 4.69) is 4.98 Å². The summed E-state index contributed by atoms with van der Waals surface area (Å²) in [5.74, 6) is 0.589. The third-order valence-electron chi connectivity index (χ3n) is 5.41. The lowest BCUT2D eigenvalue weighted by molar-refractivity contribution is -0.133. The molecule has 1 amide bonds. The molecule has 0 radical (unpaired) electrons. The molecule has 30 heavy (non-hydrogen) atoms. The molecule has 2 aromatic heterocycles. The predicted molar refractivity (Wildman–Crippen MR) is 112 cm³/mol. The van der Waals surface area contributed by atoms with Crippen LogP contribution in [0.3, 0.4) is 0 Å². The number of carbonyl (C=O) groups is 1. The van der Waals surface area contributed by atoms with E-state index in [1.54, 1.807) is 12.0 Å². The summed E-state index contributed by atoms with van der Waals surface area (Å²) in [6.45, 7) is 0.323. The maximum absolute atomic E-state index is 13.2. The van der Waals surface area contributed by atoms with Crippen molar-refractivity contribution in [1.82, 2.24) is 23.6 Å². The van der Waals surface area contributed by atoms with Crippen molar-refractivity contribution in [2.45, 2.75) is 32.0 Å². The fourth-order valence-electron chi connectivity index (χ4n) is 3.53. The van der Waals surface area contributed by atoms with E-state index in [4.69, 9.17) is 16.3 Å². The number of methoxy groups -OCH3 is 1. The minimum Gasteiger partial charge on any atom is -0.497 e. The van der Waals surface area contributed by atoms with Crippen LogP contribution in [0.4, 0.5) is 0 Å². The van der Waals surface area contributed by atoms with Crippen LogP contribution in [-0.2, 0) is 32.0 Å². The number of imidazole rings is 1. The lowest BCUT2D eigenvalue weighted by atomic mass is 10.2. The van der Waals surface area contributed by atoms with E-state index >= 15 is 0 Å². The minimum absolute atomic E-state index is 0.00292. The maximum Gasteiger partial charge on any atom is 0.332 e. The van der Waals surface area contributed by atoms with Crippen molar-refractivity contribution in [2.75, 3.05) is 7.11 Å². The Morgan fingerprint density at radius 2 is 1.87 bits per heavy atom. The Morgan fingerprint density at radius 3 is 2.47 bits per heavy atom. The van der Waals surface area contributed by atoms with Gasteiger partial charge in [-0.2, -0.15) is 4.98 Å². The predicted octanol–water partition coefficient (Wildman–Crippen LogP) is 1.29. The van der Waals surface area contributed by atoms with Crippen molar-refractivity contribution in [2.24, 2.45) is 14.1 Å². The van der Waals surface area contributed by atoms with Crippen LogP contribution in [0.15, 0.2) is 33.9 Å². The molecule has 1 aromatic carbocycles. The van der Waals surface area contributed by atoms with Gasteiger partial charge >= 0.3 is 5.69 Å². The smallest absolute Gasteiger partial charge is 0.332 e. The highest BCUT2D eigenvalue weighted by molar-refractivity contribution is 6.29. The van der Waals surface area contributed by atoms with E-state index in [9.17, 15) is 14.4 Å². The fourth-order valence-corrected chi connectivity index (χ4v) is 3.75. The first-order valence-electron chi connectivity index (χ1n) is 9.56. The minimum atomic E-state index is -0.534.